The quantitative estimate of drug-likeness (QED) is 0.801. The van der Waals surface area contributed by atoms with Gasteiger partial charge in [0, 0.05) is 18.6 Å². The third-order valence-electron chi connectivity index (χ3n) is 2.00. The van der Waals surface area contributed by atoms with Gasteiger partial charge in [-0.05, 0) is 18.2 Å². The summed E-state index contributed by atoms with van der Waals surface area (Å²) in [6.07, 6.45) is 1.70. The van der Waals surface area contributed by atoms with Crippen molar-refractivity contribution >= 4 is 23.3 Å². The molecular weight excluding hydrogens is 214 g/mol. The fourth-order valence-electron chi connectivity index (χ4n) is 1.29. The zero-order valence-electron chi connectivity index (χ0n) is 8.40. The number of anilines is 1. The van der Waals surface area contributed by atoms with Crippen LogP contribution in [0.2, 0.25) is 5.02 Å². The summed E-state index contributed by atoms with van der Waals surface area (Å²) in [6, 6.07) is 4.70. The number of likely N-dealkylation sites (N-methyl/N-ethyl adjacent to an activating group) is 1. The highest BCUT2D eigenvalue weighted by Gasteiger charge is 2.12. The molecule has 0 amide bonds. The lowest BCUT2D eigenvalue weighted by Gasteiger charge is -2.19. The van der Waals surface area contributed by atoms with Crippen LogP contribution in [0, 0.1) is 0 Å². The predicted molar refractivity (Wildman–Crippen MR) is 61.9 cm³/mol. The lowest BCUT2D eigenvalue weighted by atomic mass is 10.1. The van der Waals surface area contributed by atoms with Crippen molar-refractivity contribution in [2.45, 2.75) is 0 Å². The van der Waals surface area contributed by atoms with E-state index in [0.29, 0.717) is 17.3 Å². The van der Waals surface area contributed by atoms with Gasteiger partial charge in [-0.15, -0.1) is 6.58 Å². The van der Waals surface area contributed by atoms with Gasteiger partial charge in [0.2, 0.25) is 0 Å². The fraction of sp³-hybridized carbons (Fsp3) is 0.182. The molecular formula is C11H12ClNO2. The minimum absolute atomic E-state index is 0.240. The molecule has 0 spiro atoms. The normalized spacial score (nSPS) is 9.73. The minimum Gasteiger partial charge on any atom is -0.478 e. The summed E-state index contributed by atoms with van der Waals surface area (Å²) in [5.41, 5.74) is 0.832. The van der Waals surface area contributed by atoms with Crippen LogP contribution in [0.25, 0.3) is 0 Å². The second-order valence-electron chi connectivity index (χ2n) is 3.14. The Bertz CT molecular complexity index is 390. The molecule has 0 heterocycles. The molecule has 0 saturated carbocycles. The first-order valence-electron chi connectivity index (χ1n) is 4.41. The number of carbonyl (C=O) groups is 1. The number of carboxylic acid groups (broad SMARTS) is 1. The molecule has 0 bridgehead atoms. The lowest BCUT2D eigenvalue weighted by molar-refractivity contribution is 0.0697. The summed E-state index contributed by atoms with van der Waals surface area (Å²) in [4.78, 5) is 12.7. The van der Waals surface area contributed by atoms with Gasteiger partial charge in [-0.25, -0.2) is 4.79 Å². The molecule has 1 aromatic rings. The van der Waals surface area contributed by atoms with Crippen LogP contribution in [0.4, 0.5) is 5.69 Å². The second-order valence-corrected chi connectivity index (χ2v) is 3.57. The first-order valence-corrected chi connectivity index (χ1v) is 4.79. The highest BCUT2D eigenvalue weighted by atomic mass is 35.5. The van der Waals surface area contributed by atoms with Crippen molar-refractivity contribution in [2.24, 2.45) is 0 Å². The van der Waals surface area contributed by atoms with Crippen LogP contribution in [0.1, 0.15) is 10.4 Å². The molecule has 0 aromatic heterocycles. The van der Waals surface area contributed by atoms with E-state index in [2.05, 4.69) is 6.58 Å². The third kappa shape index (κ3) is 2.73. The Morgan fingerprint density at radius 2 is 2.33 bits per heavy atom. The van der Waals surface area contributed by atoms with Gasteiger partial charge in [0.1, 0.15) is 0 Å². The van der Waals surface area contributed by atoms with Crippen LogP contribution < -0.4 is 4.90 Å². The van der Waals surface area contributed by atoms with Gasteiger partial charge < -0.3 is 10.0 Å². The maximum Gasteiger partial charge on any atom is 0.337 e. The van der Waals surface area contributed by atoms with Crippen molar-refractivity contribution in [1.29, 1.82) is 0 Å². The van der Waals surface area contributed by atoms with Gasteiger partial charge >= 0.3 is 5.97 Å². The molecule has 0 aliphatic carbocycles. The minimum atomic E-state index is -0.961. The van der Waals surface area contributed by atoms with Crippen LogP contribution in [0.15, 0.2) is 30.9 Å². The van der Waals surface area contributed by atoms with Gasteiger partial charge in [-0.2, -0.15) is 0 Å². The molecule has 1 aromatic carbocycles. The third-order valence-corrected chi connectivity index (χ3v) is 2.24. The summed E-state index contributed by atoms with van der Waals surface area (Å²) in [5.74, 6) is -0.961. The Balaban J connectivity index is 3.17. The molecule has 0 radical (unpaired) electrons. The van der Waals surface area contributed by atoms with E-state index in [9.17, 15) is 4.79 Å². The number of nitrogens with zero attached hydrogens (tertiary/aromatic N) is 1. The molecule has 3 nitrogen and oxygen atoms in total. The van der Waals surface area contributed by atoms with Crippen LogP contribution in [-0.4, -0.2) is 24.7 Å². The van der Waals surface area contributed by atoms with Crippen molar-refractivity contribution in [2.75, 3.05) is 18.5 Å². The summed E-state index contributed by atoms with van der Waals surface area (Å²) in [7, 11) is 1.79. The standard InChI is InChI=1S/C11H12ClNO2/c1-3-6-13(2)10-7-8(12)4-5-9(10)11(14)15/h3-5,7H,1,6H2,2H3,(H,14,15). The van der Waals surface area contributed by atoms with E-state index < -0.39 is 5.97 Å². The van der Waals surface area contributed by atoms with Crippen molar-refractivity contribution in [1.82, 2.24) is 0 Å². The number of rotatable bonds is 4. The van der Waals surface area contributed by atoms with Crippen LogP contribution in [0.3, 0.4) is 0 Å². The smallest absolute Gasteiger partial charge is 0.337 e. The number of halogens is 1. The van der Waals surface area contributed by atoms with Crippen molar-refractivity contribution in [3.05, 3.63) is 41.4 Å². The van der Waals surface area contributed by atoms with Gasteiger partial charge in [0.05, 0.1) is 11.3 Å². The molecule has 1 N–H and O–H groups in total. The fourth-order valence-corrected chi connectivity index (χ4v) is 1.46. The Morgan fingerprint density at radius 3 is 2.87 bits per heavy atom. The van der Waals surface area contributed by atoms with Gasteiger partial charge in [-0.1, -0.05) is 17.7 Å². The number of carboxylic acids is 1. The van der Waals surface area contributed by atoms with E-state index in [-0.39, 0.29) is 5.56 Å². The largest absolute Gasteiger partial charge is 0.478 e. The SMILES string of the molecule is C=CCN(C)c1cc(Cl)ccc1C(=O)O. The van der Waals surface area contributed by atoms with Crippen molar-refractivity contribution in [3.8, 4) is 0 Å². The Labute approximate surface area is 93.6 Å². The molecule has 0 unspecified atom stereocenters. The summed E-state index contributed by atoms with van der Waals surface area (Å²) in [6.45, 7) is 4.17. The van der Waals surface area contributed by atoms with Crippen LogP contribution in [-0.2, 0) is 0 Å². The lowest BCUT2D eigenvalue weighted by Crippen LogP contribution is -2.19. The van der Waals surface area contributed by atoms with Crippen molar-refractivity contribution in [3.63, 3.8) is 0 Å². The number of hydrogen-bond acceptors (Lipinski definition) is 2. The van der Waals surface area contributed by atoms with Gasteiger partial charge in [-0.3, -0.25) is 0 Å². The Kier molecular flexibility index (Phi) is 3.74. The molecule has 0 atom stereocenters. The van der Waals surface area contributed by atoms with Gasteiger partial charge in [0.15, 0.2) is 0 Å². The zero-order valence-corrected chi connectivity index (χ0v) is 9.16. The van der Waals surface area contributed by atoms with E-state index in [1.807, 2.05) is 0 Å². The van der Waals surface area contributed by atoms with E-state index in [1.165, 1.54) is 6.07 Å². The monoisotopic (exact) mass is 225 g/mol. The Morgan fingerprint density at radius 1 is 1.67 bits per heavy atom. The summed E-state index contributed by atoms with van der Waals surface area (Å²) < 4.78 is 0. The van der Waals surface area contributed by atoms with E-state index in [0.717, 1.165) is 0 Å². The average molecular weight is 226 g/mol. The molecule has 0 saturated heterocycles. The van der Waals surface area contributed by atoms with Crippen LogP contribution in [0.5, 0.6) is 0 Å². The molecule has 0 aliphatic rings. The summed E-state index contributed by atoms with van der Waals surface area (Å²) in [5, 5.41) is 9.50. The first-order chi connectivity index (χ1) is 7.06. The molecule has 0 fully saturated rings. The van der Waals surface area contributed by atoms with E-state index in [4.69, 9.17) is 16.7 Å². The molecule has 4 heteroatoms. The number of aromatic carboxylic acids is 1. The highest BCUT2D eigenvalue weighted by molar-refractivity contribution is 6.31. The van der Waals surface area contributed by atoms with E-state index in [1.54, 1.807) is 30.2 Å². The first kappa shape index (κ1) is 11.6. The highest BCUT2D eigenvalue weighted by Crippen LogP contribution is 2.24. The zero-order chi connectivity index (χ0) is 11.4. The maximum absolute atomic E-state index is 10.9. The second kappa shape index (κ2) is 4.84. The maximum atomic E-state index is 10.9. The molecule has 0 aliphatic heterocycles. The predicted octanol–water partition coefficient (Wildman–Crippen LogP) is 2.66. The van der Waals surface area contributed by atoms with Crippen LogP contribution >= 0.6 is 11.6 Å². The Hall–Kier alpha value is -1.48. The number of hydrogen-bond donors (Lipinski definition) is 1. The van der Waals surface area contributed by atoms with E-state index >= 15 is 0 Å². The number of benzene rings is 1. The molecule has 1 rings (SSSR count). The molecule has 80 valence electrons. The molecule has 15 heavy (non-hydrogen) atoms. The average Bonchev–Trinajstić information content (AvgIpc) is 2.17. The van der Waals surface area contributed by atoms with Crippen molar-refractivity contribution < 1.29 is 9.90 Å². The van der Waals surface area contributed by atoms with Gasteiger partial charge in [0.25, 0.3) is 0 Å². The topological polar surface area (TPSA) is 40.5 Å². The summed E-state index contributed by atoms with van der Waals surface area (Å²) >= 11 is 5.82.